The number of carbonyl (C=O) groups is 1. The molecule has 3 rings (SSSR count). The van der Waals surface area contributed by atoms with Crippen LogP contribution >= 0.6 is 0 Å². The van der Waals surface area contributed by atoms with Gasteiger partial charge in [0.05, 0.1) is 12.7 Å². The minimum atomic E-state index is -0.520. The maximum absolute atomic E-state index is 11.6. The van der Waals surface area contributed by atoms with Gasteiger partial charge in [-0.05, 0) is 37.1 Å². The van der Waals surface area contributed by atoms with Gasteiger partial charge in [0.2, 0.25) is 0 Å². The minimum absolute atomic E-state index is 0.364. The van der Waals surface area contributed by atoms with Crippen molar-refractivity contribution < 1.29 is 9.53 Å². The molecule has 0 saturated heterocycles. The first kappa shape index (κ1) is 14.1. The molecule has 0 fully saturated rings. The monoisotopic (exact) mass is 296 g/mol. The second kappa shape index (κ2) is 5.14. The van der Waals surface area contributed by atoms with Gasteiger partial charge in [-0.1, -0.05) is 0 Å². The number of nitrogens with one attached hydrogen (secondary N) is 1. The smallest absolute Gasteiger partial charge is 0.250 e. The lowest BCUT2D eigenvalue weighted by molar-refractivity contribution is 0.100. The first-order chi connectivity index (χ1) is 10.5. The van der Waals surface area contributed by atoms with Crippen LogP contribution in [0.4, 0.5) is 0 Å². The molecule has 6 heteroatoms. The first-order valence-electron chi connectivity index (χ1n) is 6.81. The van der Waals surface area contributed by atoms with E-state index in [-0.39, 0.29) is 0 Å². The average molecular weight is 296 g/mol. The van der Waals surface area contributed by atoms with Gasteiger partial charge in [0.1, 0.15) is 22.6 Å². The molecule has 0 bridgehead atoms. The van der Waals surface area contributed by atoms with Crippen LogP contribution in [0.2, 0.25) is 0 Å². The van der Waals surface area contributed by atoms with E-state index >= 15 is 0 Å². The number of aromatic amines is 1. The lowest BCUT2D eigenvalue weighted by Gasteiger charge is -2.05. The summed E-state index contributed by atoms with van der Waals surface area (Å²) in [5.41, 5.74) is 9.93. The van der Waals surface area contributed by atoms with Crippen molar-refractivity contribution in [3.8, 4) is 17.1 Å². The number of nitrogens with zero attached hydrogens (tertiary/aromatic N) is 2. The molecule has 112 valence electrons. The second-order valence-corrected chi connectivity index (χ2v) is 5.14. The van der Waals surface area contributed by atoms with Crippen LogP contribution in [0.5, 0.6) is 5.75 Å². The molecule has 22 heavy (non-hydrogen) atoms. The molecule has 0 unspecified atom stereocenters. The number of aromatic nitrogens is 3. The number of primary amides is 1. The quantitative estimate of drug-likeness (QED) is 0.775. The number of carbonyl (C=O) groups excluding carboxylic acids is 1. The summed E-state index contributed by atoms with van der Waals surface area (Å²) in [5, 5.41) is 0. The highest BCUT2D eigenvalue weighted by Crippen LogP contribution is 2.31. The van der Waals surface area contributed by atoms with E-state index in [0.29, 0.717) is 28.2 Å². The van der Waals surface area contributed by atoms with Crippen LogP contribution in [0.15, 0.2) is 24.5 Å². The maximum atomic E-state index is 11.6. The molecular weight excluding hydrogens is 280 g/mol. The molecule has 0 atom stereocenters. The molecule has 3 aromatic rings. The molecule has 0 aliphatic carbocycles. The lowest BCUT2D eigenvalue weighted by atomic mass is 10.1. The topological polar surface area (TPSA) is 93.9 Å². The fourth-order valence-electron chi connectivity index (χ4n) is 2.63. The molecule has 0 aliphatic heterocycles. The highest BCUT2D eigenvalue weighted by atomic mass is 16.5. The van der Waals surface area contributed by atoms with E-state index < -0.39 is 5.91 Å². The number of nitrogens with two attached hydrogens (primary N) is 1. The van der Waals surface area contributed by atoms with Crippen molar-refractivity contribution in [1.82, 2.24) is 15.0 Å². The van der Waals surface area contributed by atoms with Crippen molar-refractivity contribution in [2.75, 3.05) is 7.11 Å². The zero-order valence-electron chi connectivity index (χ0n) is 12.6. The minimum Gasteiger partial charge on any atom is -0.494 e. The summed E-state index contributed by atoms with van der Waals surface area (Å²) in [4.78, 5) is 23.6. The Morgan fingerprint density at radius 1 is 1.23 bits per heavy atom. The molecule has 1 aromatic carbocycles. The fraction of sp³-hybridized carbons (Fsp3) is 0.188. The van der Waals surface area contributed by atoms with E-state index in [4.69, 9.17) is 10.5 Å². The normalized spacial score (nSPS) is 10.9. The van der Waals surface area contributed by atoms with E-state index in [1.165, 1.54) is 0 Å². The summed E-state index contributed by atoms with van der Waals surface area (Å²) in [7, 11) is 1.57. The molecule has 0 radical (unpaired) electrons. The Hall–Kier alpha value is -2.89. The third kappa shape index (κ3) is 2.09. The molecule has 6 nitrogen and oxygen atoms in total. The highest BCUT2D eigenvalue weighted by Gasteiger charge is 2.17. The van der Waals surface area contributed by atoms with Gasteiger partial charge < -0.3 is 15.5 Å². The number of imidazole rings is 1. The van der Waals surface area contributed by atoms with Crippen molar-refractivity contribution in [1.29, 1.82) is 0 Å². The number of rotatable bonds is 3. The molecule has 3 N–H and O–H groups in total. The van der Waals surface area contributed by atoms with Crippen molar-refractivity contribution in [2.45, 2.75) is 13.8 Å². The fourth-order valence-corrected chi connectivity index (χ4v) is 2.63. The van der Waals surface area contributed by atoms with Crippen LogP contribution in [0.1, 0.15) is 21.5 Å². The largest absolute Gasteiger partial charge is 0.494 e. The van der Waals surface area contributed by atoms with Gasteiger partial charge in [0.15, 0.2) is 0 Å². The highest BCUT2D eigenvalue weighted by molar-refractivity contribution is 6.06. The van der Waals surface area contributed by atoms with Gasteiger partial charge in [-0.2, -0.15) is 0 Å². The standard InChI is InChI=1S/C16H16N4O2/c1-8-6-18-7-9(2)12(8)16-19-13-10(15(17)21)4-5-11(22-3)14(13)20-16/h4-7H,1-3H3,(H2,17,21)(H,19,20). The summed E-state index contributed by atoms with van der Waals surface area (Å²) in [6.45, 7) is 3.93. The predicted molar refractivity (Wildman–Crippen MR) is 83.9 cm³/mol. The SMILES string of the molecule is COc1ccc(C(N)=O)c2nc(-c3c(C)cncc3C)[nH]c12. The van der Waals surface area contributed by atoms with E-state index in [9.17, 15) is 4.79 Å². The van der Waals surface area contributed by atoms with Crippen LogP contribution in [-0.4, -0.2) is 28.0 Å². The van der Waals surface area contributed by atoms with Crippen molar-refractivity contribution in [3.05, 3.63) is 41.2 Å². The number of pyridine rings is 1. The van der Waals surface area contributed by atoms with Gasteiger partial charge >= 0.3 is 0 Å². The number of aryl methyl sites for hydroxylation is 2. The van der Waals surface area contributed by atoms with Gasteiger partial charge in [-0.3, -0.25) is 9.78 Å². The second-order valence-electron chi connectivity index (χ2n) is 5.14. The summed E-state index contributed by atoms with van der Waals surface area (Å²) in [5.74, 6) is 0.761. The Morgan fingerprint density at radius 3 is 2.50 bits per heavy atom. The number of amides is 1. The van der Waals surface area contributed by atoms with Crippen LogP contribution in [0.3, 0.4) is 0 Å². The third-order valence-corrected chi connectivity index (χ3v) is 3.65. The van der Waals surface area contributed by atoms with Crippen LogP contribution in [0, 0.1) is 13.8 Å². The van der Waals surface area contributed by atoms with Crippen LogP contribution < -0.4 is 10.5 Å². The summed E-state index contributed by atoms with van der Waals surface area (Å²) < 4.78 is 5.34. The summed E-state index contributed by atoms with van der Waals surface area (Å²) in [6, 6.07) is 3.33. The predicted octanol–water partition coefficient (Wildman–Crippen LogP) is 2.35. The Kier molecular flexibility index (Phi) is 3.29. The van der Waals surface area contributed by atoms with E-state index in [2.05, 4.69) is 15.0 Å². The number of ether oxygens (including phenoxy) is 1. The van der Waals surface area contributed by atoms with Gasteiger partial charge in [-0.15, -0.1) is 0 Å². The van der Waals surface area contributed by atoms with Gasteiger partial charge in [-0.25, -0.2) is 4.98 Å². The van der Waals surface area contributed by atoms with Crippen molar-refractivity contribution in [2.24, 2.45) is 5.73 Å². The molecule has 2 heterocycles. The molecule has 1 amide bonds. The Labute approximate surface area is 127 Å². The number of methoxy groups -OCH3 is 1. The molecule has 2 aromatic heterocycles. The van der Waals surface area contributed by atoms with E-state index in [1.807, 2.05) is 13.8 Å². The first-order valence-corrected chi connectivity index (χ1v) is 6.81. The zero-order valence-corrected chi connectivity index (χ0v) is 12.6. The molecule has 0 aliphatic rings. The number of hydrogen-bond acceptors (Lipinski definition) is 4. The summed E-state index contributed by atoms with van der Waals surface area (Å²) >= 11 is 0. The Morgan fingerprint density at radius 2 is 1.91 bits per heavy atom. The molecule has 0 saturated carbocycles. The number of fused-ring (bicyclic) bond motifs is 1. The molecule has 0 spiro atoms. The van der Waals surface area contributed by atoms with E-state index in [0.717, 1.165) is 16.7 Å². The zero-order chi connectivity index (χ0) is 15.9. The number of hydrogen-bond donors (Lipinski definition) is 2. The third-order valence-electron chi connectivity index (χ3n) is 3.65. The van der Waals surface area contributed by atoms with Gasteiger partial charge in [0.25, 0.3) is 5.91 Å². The van der Waals surface area contributed by atoms with Gasteiger partial charge in [0, 0.05) is 18.0 Å². The molecular formula is C16H16N4O2. The van der Waals surface area contributed by atoms with Crippen LogP contribution in [-0.2, 0) is 0 Å². The van der Waals surface area contributed by atoms with Crippen molar-refractivity contribution >= 4 is 16.9 Å². The van der Waals surface area contributed by atoms with Crippen molar-refractivity contribution in [3.63, 3.8) is 0 Å². The van der Waals surface area contributed by atoms with Crippen LogP contribution in [0.25, 0.3) is 22.4 Å². The summed E-state index contributed by atoms with van der Waals surface area (Å²) in [6.07, 6.45) is 3.56. The maximum Gasteiger partial charge on any atom is 0.250 e. The van der Waals surface area contributed by atoms with E-state index in [1.54, 1.807) is 31.6 Å². The lowest BCUT2D eigenvalue weighted by Crippen LogP contribution is -2.11. The Balaban J connectivity index is 2.34. The number of H-pyrrole nitrogens is 1. The number of benzene rings is 1. The average Bonchev–Trinajstić information content (AvgIpc) is 2.90. The Bertz CT molecular complexity index is 863.